The molecule has 4 aromatic rings. The van der Waals surface area contributed by atoms with Crippen LogP contribution in [0.5, 0.6) is 5.75 Å². The Balaban J connectivity index is 1.66. The summed E-state index contributed by atoms with van der Waals surface area (Å²) in [6.07, 6.45) is 0. The van der Waals surface area contributed by atoms with Gasteiger partial charge in [0.1, 0.15) is 16.3 Å². The number of ether oxygens (including phenoxy) is 1. The van der Waals surface area contributed by atoms with Gasteiger partial charge in [0, 0.05) is 23.1 Å². The van der Waals surface area contributed by atoms with Gasteiger partial charge < -0.3 is 9.15 Å². The van der Waals surface area contributed by atoms with Gasteiger partial charge in [-0.25, -0.2) is 4.79 Å². The molecule has 2 heterocycles. The fraction of sp³-hybridized carbons (Fsp3) is 0.0526. The maximum Gasteiger partial charge on any atom is 0.337 e. The Morgan fingerprint density at radius 2 is 1.93 bits per heavy atom. The summed E-state index contributed by atoms with van der Waals surface area (Å²) >= 11 is 1.25. The second kappa shape index (κ2) is 7.00. The SMILES string of the molecule is COc1ccc2c(C(=O)Nc3nnc(-c4ccccc4)s3)cc(=O)oc2c1. The Bertz CT molecular complexity index is 1180. The molecule has 27 heavy (non-hydrogen) atoms. The first-order valence-electron chi connectivity index (χ1n) is 7.96. The highest BCUT2D eigenvalue weighted by Crippen LogP contribution is 2.27. The summed E-state index contributed by atoms with van der Waals surface area (Å²) in [4.78, 5) is 24.5. The van der Waals surface area contributed by atoms with Crippen molar-refractivity contribution in [1.82, 2.24) is 10.2 Å². The molecule has 1 amide bonds. The molecule has 0 aliphatic heterocycles. The third kappa shape index (κ3) is 3.42. The number of nitrogens with one attached hydrogen (secondary N) is 1. The zero-order chi connectivity index (χ0) is 18.8. The number of aromatic nitrogens is 2. The van der Waals surface area contributed by atoms with E-state index in [0.717, 1.165) is 11.6 Å². The van der Waals surface area contributed by atoms with Crippen LogP contribution in [0.15, 0.2) is 63.8 Å². The lowest BCUT2D eigenvalue weighted by Crippen LogP contribution is -2.15. The Morgan fingerprint density at radius 3 is 2.70 bits per heavy atom. The predicted molar refractivity (Wildman–Crippen MR) is 102 cm³/mol. The van der Waals surface area contributed by atoms with Crippen LogP contribution in [-0.4, -0.2) is 23.2 Å². The first-order valence-corrected chi connectivity index (χ1v) is 8.78. The highest BCUT2D eigenvalue weighted by atomic mass is 32.1. The molecule has 0 saturated carbocycles. The third-order valence-electron chi connectivity index (χ3n) is 3.86. The quantitative estimate of drug-likeness (QED) is 0.545. The summed E-state index contributed by atoms with van der Waals surface area (Å²) in [5.41, 5.74) is 0.756. The Morgan fingerprint density at radius 1 is 1.11 bits per heavy atom. The van der Waals surface area contributed by atoms with E-state index in [1.807, 2.05) is 30.3 Å². The minimum atomic E-state index is -0.622. The molecule has 2 aromatic carbocycles. The smallest absolute Gasteiger partial charge is 0.337 e. The lowest BCUT2D eigenvalue weighted by Gasteiger charge is -2.06. The monoisotopic (exact) mass is 379 g/mol. The number of hydrogen-bond acceptors (Lipinski definition) is 7. The van der Waals surface area contributed by atoms with Crippen LogP contribution in [0.25, 0.3) is 21.5 Å². The van der Waals surface area contributed by atoms with Crippen LogP contribution in [-0.2, 0) is 0 Å². The molecule has 4 rings (SSSR count). The van der Waals surface area contributed by atoms with Crippen molar-refractivity contribution in [3.05, 3.63) is 70.6 Å². The van der Waals surface area contributed by atoms with Gasteiger partial charge in [0.05, 0.1) is 12.7 Å². The van der Waals surface area contributed by atoms with Gasteiger partial charge in [-0.15, -0.1) is 10.2 Å². The molecule has 8 heteroatoms. The van der Waals surface area contributed by atoms with Crippen molar-refractivity contribution in [3.8, 4) is 16.3 Å². The Hall–Kier alpha value is -3.52. The van der Waals surface area contributed by atoms with Crippen molar-refractivity contribution in [2.75, 3.05) is 12.4 Å². The second-order valence-electron chi connectivity index (χ2n) is 5.57. The van der Waals surface area contributed by atoms with Gasteiger partial charge >= 0.3 is 5.63 Å². The summed E-state index contributed by atoms with van der Waals surface area (Å²) in [5, 5.41) is 12.3. The molecule has 1 N–H and O–H groups in total. The molecular formula is C19H13N3O4S. The van der Waals surface area contributed by atoms with E-state index in [2.05, 4.69) is 15.5 Å². The standard InChI is InChI=1S/C19H13N3O4S/c1-25-12-7-8-13-14(10-16(23)26-15(13)9-12)17(24)20-19-22-21-18(27-19)11-5-3-2-4-6-11/h2-10H,1H3,(H,20,22,24). The summed E-state index contributed by atoms with van der Waals surface area (Å²) in [5.74, 6) is 0.0636. The van der Waals surface area contributed by atoms with Crippen molar-refractivity contribution in [1.29, 1.82) is 0 Å². The van der Waals surface area contributed by atoms with Crippen molar-refractivity contribution in [3.63, 3.8) is 0 Å². The van der Waals surface area contributed by atoms with E-state index in [1.54, 1.807) is 18.2 Å². The maximum absolute atomic E-state index is 12.7. The largest absolute Gasteiger partial charge is 0.497 e. The number of hydrogen-bond donors (Lipinski definition) is 1. The predicted octanol–water partition coefficient (Wildman–Crippen LogP) is 3.57. The number of amides is 1. The molecule has 2 aromatic heterocycles. The molecule has 0 bridgehead atoms. The number of methoxy groups -OCH3 is 1. The Labute approximate surface area is 157 Å². The van der Waals surface area contributed by atoms with Gasteiger partial charge in [0.25, 0.3) is 5.91 Å². The van der Waals surface area contributed by atoms with Gasteiger partial charge in [-0.05, 0) is 12.1 Å². The number of carbonyl (C=O) groups is 1. The number of rotatable bonds is 4. The summed E-state index contributed by atoms with van der Waals surface area (Å²) in [7, 11) is 1.51. The van der Waals surface area contributed by atoms with E-state index in [9.17, 15) is 9.59 Å². The van der Waals surface area contributed by atoms with Crippen molar-refractivity contribution >= 4 is 33.3 Å². The maximum atomic E-state index is 12.7. The molecule has 134 valence electrons. The van der Waals surface area contributed by atoms with Gasteiger partial charge in [-0.1, -0.05) is 41.7 Å². The minimum Gasteiger partial charge on any atom is -0.497 e. The van der Waals surface area contributed by atoms with E-state index in [0.29, 0.717) is 21.3 Å². The highest BCUT2D eigenvalue weighted by Gasteiger charge is 2.16. The molecular weight excluding hydrogens is 366 g/mol. The molecule has 0 atom stereocenters. The molecule has 0 fully saturated rings. The first-order chi connectivity index (χ1) is 13.1. The normalized spacial score (nSPS) is 10.7. The molecule has 0 aliphatic rings. The summed E-state index contributed by atoms with van der Waals surface area (Å²) in [6, 6.07) is 15.6. The summed E-state index contributed by atoms with van der Waals surface area (Å²) < 4.78 is 10.3. The van der Waals surface area contributed by atoms with Gasteiger partial charge in [0.15, 0.2) is 0 Å². The highest BCUT2D eigenvalue weighted by molar-refractivity contribution is 7.18. The van der Waals surface area contributed by atoms with Crippen LogP contribution in [0.4, 0.5) is 5.13 Å². The summed E-state index contributed by atoms with van der Waals surface area (Å²) in [6.45, 7) is 0. The van der Waals surface area contributed by atoms with Crippen LogP contribution in [0.2, 0.25) is 0 Å². The second-order valence-corrected chi connectivity index (χ2v) is 6.55. The topological polar surface area (TPSA) is 94.3 Å². The van der Waals surface area contributed by atoms with E-state index < -0.39 is 11.5 Å². The van der Waals surface area contributed by atoms with Crippen LogP contribution < -0.4 is 15.7 Å². The van der Waals surface area contributed by atoms with Crippen LogP contribution in [0.3, 0.4) is 0 Å². The van der Waals surface area contributed by atoms with Crippen molar-refractivity contribution in [2.45, 2.75) is 0 Å². The number of benzene rings is 2. The lowest BCUT2D eigenvalue weighted by atomic mass is 10.1. The van der Waals surface area contributed by atoms with E-state index in [1.165, 1.54) is 18.4 Å². The van der Waals surface area contributed by atoms with Gasteiger partial charge in [-0.2, -0.15) is 0 Å². The average molecular weight is 379 g/mol. The van der Waals surface area contributed by atoms with Crippen LogP contribution in [0, 0.1) is 0 Å². The first kappa shape index (κ1) is 16.9. The zero-order valence-electron chi connectivity index (χ0n) is 14.1. The third-order valence-corrected chi connectivity index (χ3v) is 4.75. The van der Waals surface area contributed by atoms with Crippen molar-refractivity contribution < 1.29 is 13.9 Å². The van der Waals surface area contributed by atoms with E-state index in [4.69, 9.17) is 9.15 Å². The minimum absolute atomic E-state index is 0.195. The molecule has 0 spiro atoms. The van der Waals surface area contributed by atoms with Crippen LogP contribution >= 0.6 is 11.3 Å². The number of nitrogens with zero attached hydrogens (tertiary/aromatic N) is 2. The molecule has 0 radical (unpaired) electrons. The van der Waals surface area contributed by atoms with Crippen LogP contribution in [0.1, 0.15) is 10.4 Å². The lowest BCUT2D eigenvalue weighted by molar-refractivity contribution is 0.102. The average Bonchev–Trinajstić information content (AvgIpc) is 3.15. The van der Waals surface area contributed by atoms with Crippen molar-refractivity contribution in [2.24, 2.45) is 0 Å². The molecule has 0 saturated heterocycles. The van der Waals surface area contributed by atoms with Gasteiger partial charge in [0.2, 0.25) is 5.13 Å². The number of carbonyl (C=O) groups excluding carboxylic acids is 1. The fourth-order valence-corrected chi connectivity index (χ4v) is 3.34. The van der Waals surface area contributed by atoms with E-state index in [-0.39, 0.29) is 11.1 Å². The molecule has 0 aliphatic carbocycles. The van der Waals surface area contributed by atoms with E-state index >= 15 is 0 Å². The number of fused-ring (bicyclic) bond motifs is 1. The molecule has 7 nitrogen and oxygen atoms in total. The Kier molecular flexibility index (Phi) is 4.39. The fourth-order valence-electron chi connectivity index (χ4n) is 2.59. The van der Waals surface area contributed by atoms with Gasteiger partial charge in [-0.3, -0.25) is 10.1 Å². The number of anilines is 1. The molecule has 0 unspecified atom stereocenters. The zero-order valence-corrected chi connectivity index (χ0v) is 14.9.